The first-order chi connectivity index (χ1) is 11.5. The summed E-state index contributed by atoms with van der Waals surface area (Å²) in [6.07, 6.45) is 2.40. The maximum atomic E-state index is 12.5. The molecule has 2 aliphatic heterocycles. The van der Waals surface area contributed by atoms with E-state index < -0.39 is 0 Å². The van der Waals surface area contributed by atoms with Crippen molar-refractivity contribution in [2.75, 3.05) is 24.5 Å². The van der Waals surface area contributed by atoms with Crippen LogP contribution >= 0.6 is 12.4 Å². The molecule has 0 aliphatic carbocycles. The van der Waals surface area contributed by atoms with Crippen LogP contribution in [0.1, 0.15) is 36.0 Å². The summed E-state index contributed by atoms with van der Waals surface area (Å²) in [6.45, 7) is 8.45. The summed E-state index contributed by atoms with van der Waals surface area (Å²) in [5.41, 5.74) is 4.36. The van der Waals surface area contributed by atoms with Crippen LogP contribution in [0.3, 0.4) is 0 Å². The van der Waals surface area contributed by atoms with E-state index in [9.17, 15) is 9.59 Å². The van der Waals surface area contributed by atoms with Crippen LogP contribution in [0, 0.1) is 26.7 Å². The van der Waals surface area contributed by atoms with Crippen molar-refractivity contribution in [1.82, 2.24) is 10.6 Å². The molecule has 2 N–H and O–H groups in total. The molecule has 0 aromatic heterocycles. The Labute approximate surface area is 155 Å². The fourth-order valence-corrected chi connectivity index (χ4v) is 3.99. The number of carbonyl (C=O) groups excluding carboxylic acids is 2. The molecule has 5 nitrogen and oxygen atoms in total. The summed E-state index contributed by atoms with van der Waals surface area (Å²) < 4.78 is 0. The predicted octanol–water partition coefficient (Wildman–Crippen LogP) is 2.25. The molecule has 1 aromatic carbocycles. The number of hydrogen-bond acceptors (Lipinski definition) is 3. The van der Waals surface area contributed by atoms with E-state index in [1.807, 2.05) is 13.8 Å². The second kappa shape index (κ2) is 8.19. The zero-order chi connectivity index (χ0) is 17.3. The molecule has 6 heteroatoms. The van der Waals surface area contributed by atoms with Crippen molar-refractivity contribution < 1.29 is 9.59 Å². The van der Waals surface area contributed by atoms with Crippen LogP contribution in [0.5, 0.6) is 0 Å². The fraction of sp³-hybridized carbons (Fsp3) is 0.579. The minimum absolute atomic E-state index is 0. The summed E-state index contributed by atoms with van der Waals surface area (Å²) in [6, 6.07) is 4.38. The van der Waals surface area contributed by atoms with E-state index >= 15 is 0 Å². The van der Waals surface area contributed by atoms with Gasteiger partial charge in [-0.2, -0.15) is 0 Å². The molecule has 2 heterocycles. The van der Waals surface area contributed by atoms with Gasteiger partial charge in [-0.25, -0.2) is 0 Å². The van der Waals surface area contributed by atoms with Gasteiger partial charge in [0.2, 0.25) is 11.8 Å². The number of nitrogens with one attached hydrogen (secondary N) is 2. The highest BCUT2D eigenvalue weighted by Gasteiger charge is 2.36. The number of amides is 2. The summed E-state index contributed by atoms with van der Waals surface area (Å²) in [5, 5.41) is 6.41. The molecule has 25 heavy (non-hydrogen) atoms. The fourth-order valence-electron chi connectivity index (χ4n) is 3.99. The standard InChI is InChI=1S/C19H27N3O2.ClH/c1-12-7-13(2)18(14(3)8-12)22-11-15(9-17(22)23)19(24)21-16-5-4-6-20-10-16;/h7-8,15-16,20H,4-6,9-11H2,1-3H3,(H,21,24);1H/t15?,16-;/m0./s1. The van der Waals surface area contributed by atoms with E-state index in [0.29, 0.717) is 13.0 Å². The molecule has 2 amide bonds. The molecular formula is C19H28ClN3O2. The number of halogens is 1. The Morgan fingerprint density at radius 2 is 1.92 bits per heavy atom. The number of nitrogens with zero attached hydrogens (tertiary/aromatic N) is 1. The number of piperidine rings is 1. The summed E-state index contributed by atoms with van der Waals surface area (Å²) in [5.74, 6) is -0.187. The smallest absolute Gasteiger partial charge is 0.227 e. The Morgan fingerprint density at radius 3 is 2.52 bits per heavy atom. The van der Waals surface area contributed by atoms with Crippen LogP contribution in [0.15, 0.2) is 12.1 Å². The molecule has 1 aromatic rings. The molecule has 2 aliphatic rings. The SMILES string of the molecule is Cc1cc(C)c(N2CC(C(=O)N[C@H]3CCCNC3)CC2=O)c(C)c1.Cl. The Morgan fingerprint density at radius 1 is 1.24 bits per heavy atom. The Kier molecular flexibility index (Phi) is 6.47. The quantitative estimate of drug-likeness (QED) is 0.863. The third kappa shape index (κ3) is 4.33. The van der Waals surface area contributed by atoms with Crippen molar-refractivity contribution in [3.8, 4) is 0 Å². The Hall–Kier alpha value is -1.59. The van der Waals surface area contributed by atoms with Crippen LogP contribution in [0.4, 0.5) is 5.69 Å². The van der Waals surface area contributed by atoms with E-state index in [-0.39, 0.29) is 36.2 Å². The van der Waals surface area contributed by atoms with Crippen molar-refractivity contribution in [1.29, 1.82) is 0 Å². The normalized spacial score (nSPS) is 23.3. The summed E-state index contributed by atoms with van der Waals surface area (Å²) >= 11 is 0. The van der Waals surface area contributed by atoms with Gasteiger partial charge in [0.25, 0.3) is 0 Å². The van der Waals surface area contributed by atoms with Crippen LogP contribution in [0.25, 0.3) is 0 Å². The molecule has 2 fully saturated rings. The van der Waals surface area contributed by atoms with Crippen molar-refractivity contribution in [2.24, 2.45) is 5.92 Å². The predicted molar refractivity (Wildman–Crippen MR) is 102 cm³/mol. The van der Waals surface area contributed by atoms with Gasteiger partial charge in [-0.05, 0) is 51.3 Å². The lowest BCUT2D eigenvalue weighted by molar-refractivity contribution is -0.127. The third-order valence-corrected chi connectivity index (χ3v) is 5.04. The lowest BCUT2D eigenvalue weighted by atomic mass is 10.0. The van der Waals surface area contributed by atoms with Crippen LogP contribution in [-0.4, -0.2) is 37.5 Å². The van der Waals surface area contributed by atoms with Crippen LogP contribution < -0.4 is 15.5 Å². The van der Waals surface area contributed by atoms with Crippen molar-refractivity contribution in [3.63, 3.8) is 0 Å². The van der Waals surface area contributed by atoms with E-state index in [1.54, 1.807) is 4.90 Å². The molecule has 3 rings (SSSR count). The molecule has 0 spiro atoms. The highest BCUT2D eigenvalue weighted by molar-refractivity contribution is 6.01. The number of aryl methyl sites for hydroxylation is 3. The molecule has 1 unspecified atom stereocenters. The minimum atomic E-state index is -0.250. The number of hydrogen-bond donors (Lipinski definition) is 2. The molecule has 138 valence electrons. The molecule has 0 radical (unpaired) electrons. The minimum Gasteiger partial charge on any atom is -0.352 e. The van der Waals surface area contributed by atoms with E-state index in [2.05, 4.69) is 29.7 Å². The van der Waals surface area contributed by atoms with Crippen LogP contribution in [-0.2, 0) is 9.59 Å². The molecule has 0 bridgehead atoms. The largest absolute Gasteiger partial charge is 0.352 e. The summed E-state index contributed by atoms with van der Waals surface area (Å²) in [7, 11) is 0. The number of rotatable bonds is 3. The Balaban J connectivity index is 0.00000225. The maximum absolute atomic E-state index is 12.5. The maximum Gasteiger partial charge on any atom is 0.227 e. The van der Waals surface area contributed by atoms with Crippen molar-refractivity contribution in [2.45, 2.75) is 46.1 Å². The average Bonchev–Trinajstić information content (AvgIpc) is 2.89. The topological polar surface area (TPSA) is 61.4 Å². The van der Waals surface area contributed by atoms with Gasteiger partial charge >= 0.3 is 0 Å². The first kappa shape index (κ1) is 19.7. The van der Waals surface area contributed by atoms with Gasteiger partial charge in [-0.3, -0.25) is 9.59 Å². The lowest BCUT2D eigenvalue weighted by Gasteiger charge is -2.25. The number of carbonyl (C=O) groups is 2. The zero-order valence-corrected chi connectivity index (χ0v) is 16.0. The lowest BCUT2D eigenvalue weighted by Crippen LogP contribution is -2.47. The monoisotopic (exact) mass is 365 g/mol. The van der Waals surface area contributed by atoms with Crippen molar-refractivity contribution in [3.05, 3.63) is 28.8 Å². The van der Waals surface area contributed by atoms with Gasteiger partial charge in [0, 0.05) is 31.2 Å². The van der Waals surface area contributed by atoms with Crippen molar-refractivity contribution >= 4 is 29.9 Å². The average molecular weight is 366 g/mol. The van der Waals surface area contributed by atoms with Crippen LogP contribution in [0.2, 0.25) is 0 Å². The van der Waals surface area contributed by atoms with Gasteiger partial charge in [0.1, 0.15) is 0 Å². The second-order valence-corrected chi connectivity index (χ2v) is 7.20. The molecule has 2 atom stereocenters. The van der Waals surface area contributed by atoms with Gasteiger partial charge in [-0.15, -0.1) is 12.4 Å². The Bertz CT molecular complexity index is 633. The number of benzene rings is 1. The second-order valence-electron chi connectivity index (χ2n) is 7.20. The number of anilines is 1. The molecule has 0 saturated carbocycles. The van der Waals surface area contributed by atoms with E-state index in [4.69, 9.17) is 0 Å². The van der Waals surface area contributed by atoms with E-state index in [0.717, 1.165) is 42.7 Å². The highest BCUT2D eigenvalue weighted by Crippen LogP contribution is 2.32. The summed E-state index contributed by atoms with van der Waals surface area (Å²) in [4.78, 5) is 26.8. The van der Waals surface area contributed by atoms with Gasteiger partial charge in [0.15, 0.2) is 0 Å². The molecular weight excluding hydrogens is 338 g/mol. The zero-order valence-electron chi connectivity index (χ0n) is 15.2. The van der Waals surface area contributed by atoms with Gasteiger partial charge in [0.05, 0.1) is 5.92 Å². The highest BCUT2D eigenvalue weighted by atomic mass is 35.5. The first-order valence-corrected chi connectivity index (χ1v) is 8.85. The third-order valence-electron chi connectivity index (χ3n) is 5.04. The first-order valence-electron chi connectivity index (χ1n) is 8.85. The van der Waals surface area contributed by atoms with E-state index in [1.165, 1.54) is 5.56 Å². The van der Waals surface area contributed by atoms with Gasteiger partial charge in [-0.1, -0.05) is 17.7 Å². The molecule has 2 saturated heterocycles. The van der Waals surface area contributed by atoms with Gasteiger partial charge < -0.3 is 15.5 Å².